The van der Waals surface area contributed by atoms with E-state index in [0.717, 1.165) is 59.1 Å². The highest BCUT2D eigenvalue weighted by Gasteiger charge is 2.22. The Balaban J connectivity index is 1.59. The van der Waals surface area contributed by atoms with Crippen LogP contribution in [0.4, 0.5) is 0 Å². The first-order valence-corrected chi connectivity index (χ1v) is 9.62. The summed E-state index contributed by atoms with van der Waals surface area (Å²) in [6.07, 6.45) is 4.01. The van der Waals surface area contributed by atoms with E-state index in [1.807, 2.05) is 36.4 Å². The third-order valence-electron chi connectivity index (χ3n) is 4.18. The molecule has 5 nitrogen and oxygen atoms in total. The molecule has 3 heterocycles. The molecule has 1 fully saturated rings. The van der Waals surface area contributed by atoms with E-state index in [2.05, 4.69) is 14.8 Å². The van der Waals surface area contributed by atoms with E-state index < -0.39 is 0 Å². The van der Waals surface area contributed by atoms with Gasteiger partial charge in [0.15, 0.2) is 10.9 Å². The van der Waals surface area contributed by atoms with Gasteiger partial charge >= 0.3 is 0 Å². The van der Waals surface area contributed by atoms with Gasteiger partial charge in [0.2, 0.25) is 5.82 Å². The lowest BCUT2D eigenvalue weighted by Gasteiger charge is -2.14. The Morgan fingerprint density at radius 3 is 2.88 bits per heavy atom. The molecule has 3 aromatic rings. The minimum absolute atomic E-state index is 0.198. The molecular formula is C18H18ClN3O2S. The Morgan fingerprint density at radius 2 is 2.12 bits per heavy atom. The molecule has 2 aromatic heterocycles. The van der Waals surface area contributed by atoms with Crippen molar-refractivity contribution < 1.29 is 9.15 Å². The van der Waals surface area contributed by atoms with Gasteiger partial charge in [-0.3, -0.25) is 4.57 Å². The quantitative estimate of drug-likeness (QED) is 0.586. The fourth-order valence-electron chi connectivity index (χ4n) is 2.90. The Bertz CT molecular complexity index is 829. The minimum Gasteiger partial charge on any atom is -0.461 e. The molecule has 0 spiro atoms. The lowest BCUT2D eigenvalue weighted by molar-refractivity contribution is 0.0952. The molecule has 1 aliphatic heterocycles. The zero-order valence-corrected chi connectivity index (χ0v) is 15.2. The first-order valence-electron chi connectivity index (χ1n) is 8.26. The number of hydrogen-bond donors (Lipinski definition) is 0. The lowest BCUT2D eigenvalue weighted by Crippen LogP contribution is -2.16. The van der Waals surface area contributed by atoms with Crippen molar-refractivity contribution in [3.8, 4) is 11.6 Å². The van der Waals surface area contributed by atoms with Crippen LogP contribution in [0.5, 0.6) is 0 Å². The number of aromatic nitrogens is 3. The van der Waals surface area contributed by atoms with E-state index in [1.54, 1.807) is 18.0 Å². The van der Waals surface area contributed by atoms with Crippen molar-refractivity contribution in [2.24, 2.45) is 0 Å². The number of hydrogen-bond acceptors (Lipinski definition) is 5. The smallest absolute Gasteiger partial charge is 0.200 e. The van der Waals surface area contributed by atoms with E-state index in [9.17, 15) is 0 Å². The van der Waals surface area contributed by atoms with Gasteiger partial charge < -0.3 is 9.15 Å². The van der Waals surface area contributed by atoms with Crippen molar-refractivity contribution in [1.29, 1.82) is 0 Å². The Labute approximate surface area is 155 Å². The predicted octanol–water partition coefficient (Wildman–Crippen LogP) is 4.66. The number of ether oxygens (including phenoxy) is 1. The van der Waals surface area contributed by atoms with Crippen LogP contribution >= 0.6 is 23.4 Å². The van der Waals surface area contributed by atoms with Crippen molar-refractivity contribution >= 4 is 23.4 Å². The third kappa shape index (κ3) is 3.76. The van der Waals surface area contributed by atoms with E-state index in [0.29, 0.717) is 0 Å². The molecule has 0 amide bonds. The first-order chi connectivity index (χ1) is 12.3. The van der Waals surface area contributed by atoms with Crippen molar-refractivity contribution in [2.45, 2.75) is 36.4 Å². The monoisotopic (exact) mass is 375 g/mol. The van der Waals surface area contributed by atoms with Crippen LogP contribution in [0.25, 0.3) is 11.6 Å². The SMILES string of the molecule is Clc1ccccc1CSc1nnc(-c2ccco2)n1CC1CCCO1. The van der Waals surface area contributed by atoms with Gasteiger partial charge in [-0.05, 0) is 36.6 Å². The molecule has 0 N–H and O–H groups in total. The van der Waals surface area contributed by atoms with E-state index in [4.69, 9.17) is 20.8 Å². The molecule has 0 radical (unpaired) electrons. The second-order valence-electron chi connectivity index (χ2n) is 5.91. The summed E-state index contributed by atoms with van der Waals surface area (Å²) in [5.41, 5.74) is 1.08. The van der Waals surface area contributed by atoms with Gasteiger partial charge in [0.25, 0.3) is 0 Å². The van der Waals surface area contributed by atoms with Crippen LogP contribution < -0.4 is 0 Å². The lowest BCUT2D eigenvalue weighted by atomic mass is 10.2. The number of nitrogens with zero attached hydrogens (tertiary/aromatic N) is 3. The summed E-state index contributed by atoms with van der Waals surface area (Å²) in [7, 11) is 0. The molecule has 4 rings (SSSR count). The standard InChI is InChI=1S/C18H18ClN3O2S/c19-15-7-2-1-5-13(15)12-25-18-21-20-17(16-8-4-10-24-16)22(18)11-14-6-3-9-23-14/h1-2,4-5,7-8,10,14H,3,6,9,11-12H2. The predicted molar refractivity (Wildman–Crippen MR) is 97.7 cm³/mol. The summed E-state index contributed by atoms with van der Waals surface area (Å²) >= 11 is 7.89. The van der Waals surface area contributed by atoms with Gasteiger partial charge in [-0.15, -0.1) is 10.2 Å². The van der Waals surface area contributed by atoms with Crippen molar-refractivity contribution in [3.05, 3.63) is 53.2 Å². The Morgan fingerprint density at radius 1 is 1.20 bits per heavy atom. The van der Waals surface area contributed by atoms with Crippen molar-refractivity contribution in [3.63, 3.8) is 0 Å². The maximum absolute atomic E-state index is 6.26. The van der Waals surface area contributed by atoms with Crippen LogP contribution in [0.15, 0.2) is 52.2 Å². The van der Waals surface area contributed by atoms with Gasteiger partial charge in [0.05, 0.1) is 18.9 Å². The van der Waals surface area contributed by atoms with Crippen molar-refractivity contribution in [1.82, 2.24) is 14.8 Å². The fourth-order valence-corrected chi connectivity index (χ4v) is 4.13. The molecule has 130 valence electrons. The highest BCUT2D eigenvalue weighted by Crippen LogP contribution is 2.30. The van der Waals surface area contributed by atoms with Crippen LogP contribution in [-0.4, -0.2) is 27.5 Å². The molecule has 25 heavy (non-hydrogen) atoms. The minimum atomic E-state index is 0.198. The summed E-state index contributed by atoms with van der Waals surface area (Å²) in [6, 6.07) is 11.6. The average Bonchev–Trinajstić information content (AvgIpc) is 3.37. The third-order valence-corrected chi connectivity index (χ3v) is 5.57. The molecule has 0 aliphatic carbocycles. The summed E-state index contributed by atoms with van der Waals surface area (Å²) in [6.45, 7) is 1.55. The largest absolute Gasteiger partial charge is 0.461 e. The number of thioether (sulfide) groups is 1. The first kappa shape index (κ1) is 16.7. The molecule has 1 aliphatic rings. The fraction of sp³-hybridized carbons (Fsp3) is 0.333. The van der Waals surface area contributed by atoms with E-state index >= 15 is 0 Å². The Hall–Kier alpha value is -1.76. The number of benzene rings is 1. The van der Waals surface area contributed by atoms with Gasteiger partial charge in [-0.25, -0.2) is 0 Å². The number of furan rings is 1. The van der Waals surface area contributed by atoms with Gasteiger partial charge in [-0.1, -0.05) is 41.6 Å². The van der Waals surface area contributed by atoms with Crippen LogP contribution in [0.2, 0.25) is 5.02 Å². The molecule has 1 unspecified atom stereocenters. The second kappa shape index (κ2) is 7.64. The highest BCUT2D eigenvalue weighted by atomic mass is 35.5. The Kier molecular flexibility index (Phi) is 5.10. The van der Waals surface area contributed by atoms with Gasteiger partial charge in [-0.2, -0.15) is 0 Å². The molecular weight excluding hydrogens is 358 g/mol. The summed E-state index contributed by atoms with van der Waals surface area (Å²) in [5.74, 6) is 2.19. The molecule has 1 saturated heterocycles. The maximum Gasteiger partial charge on any atom is 0.200 e. The molecule has 7 heteroatoms. The maximum atomic E-state index is 6.26. The zero-order valence-electron chi connectivity index (χ0n) is 13.6. The molecule has 1 aromatic carbocycles. The molecule has 0 saturated carbocycles. The summed E-state index contributed by atoms with van der Waals surface area (Å²) < 4.78 is 13.4. The summed E-state index contributed by atoms with van der Waals surface area (Å²) in [5, 5.41) is 10.3. The second-order valence-corrected chi connectivity index (χ2v) is 7.26. The number of halogens is 1. The van der Waals surface area contributed by atoms with Crippen LogP contribution in [0.1, 0.15) is 18.4 Å². The average molecular weight is 376 g/mol. The normalized spacial score (nSPS) is 17.2. The van der Waals surface area contributed by atoms with Crippen LogP contribution in [0, 0.1) is 0 Å². The number of rotatable bonds is 6. The van der Waals surface area contributed by atoms with Crippen LogP contribution in [-0.2, 0) is 17.0 Å². The van der Waals surface area contributed by atoms with Crippen molar-refractivity contribution in [2.75, 3.05) is 6.61 Å². The van der Waals surface area contributed by atoms with E-state index in [-0.39, 0.29) is 6.10 Å². The highest BCUT2D eigenvalue weighted by molar-refractivity contribution is 7.98. The topological polar surface area (TPSA) is 53.1 Å². The van der Waals surface area contributed by atoms with Crippen LogP contribution in [0.3, 0.4) is 0 Å². The van der Waals surface area contributed by atoms with E-state index in [1.165, 1.54) is 0 Å². The van der Waals surface area contributed by atoms with Gasteiger partial charge in [0, 0.05) is 17.4 Å². The van der Waals surface area contributed by atoms with Gasteiger partial charge in [0.1, 0.15) is 0 Å². The zero-order chi connectivity index (χ0) is 17.1. The summed E-state index contributed by atoms with van der Waals surface area (Å²) in [4.78, 5) is 0. The molecule has 0 bridgehead atoms. The molecule has 1 atom stereocenters.